The van der Waals surface area contributed by atoms with Crippen LogP contribution in [-0.2, 0) is 13.0 Å². The highest BCUT2D eigenvalue weighted by Crippen LogP contribution is 2.34. The van der Waals surface area contributed by atoms with E-state index in [1.165, 1.54) is 11.1 Å². The van der Waals surface area contributed by atoms with Crippen molar-refractivity contribution in [1.82, 2.24) is 4.98 Å². The first kappa shape index (κ1) is 18.8. The number of hydrogen-bond acceptors (Lipinski definition) is 5. The van der Waals surface area contributed by atoms with Gasteiger partial charge in [0.25, 0.3) is 5.91 Å². The molecule has 0 spiro atoms. The molecule has 0 unspecified atom stereocenters. The van der Waals surface area contributed by atoms with Gasteiger partial charge in [0.05, 0.1) is 19.8 Å². The second-order valence-corrected chi connectivity index (χ2v) is 6.89. The Hall–Kier alpha value is -3.54. The van der Waals surface area contributed by atoms with Crippen molar-refractivity contribution in [3.05, 3.63) is 77.6 Å². The smallest absolute Gasteiger partial charge is 0.257 e. The highest BCUT2D eigenvalue weighted by atomic mass is 16.5. The van der Waals surface area contributed by atoms with Crippen molar-refractivity contribution in [2.24, 2.45) is 0 Å². The number of hydrogen-bond donors (Lipinski definition) is 1. The molecule has 1 aliphatic rings. The summed E-state index contributed by atoms with van der Waals surface area (Å²) in [7, 11) is 3.32. The number of methoxy groups -OCH3 is 2. The van der Waals surface area contributed by atoms with Crippen molar-refractivity contribution in [3.63, 3.8) is 0 Å². The lowest BCUT2D eigenvalue weighted by molar-refractivity contribution is 0.102. The number of carbonyl (C=O) groups is 1. The molecule has 0 saturated carbocycles. The molecule has 3 aromatic rings. The number of nitrogens with one attached hydrogen (secondary N) is 1. The van der Waals surface area contributed by atoms with Gasteiger partial charge in [0, 0.05) is 36.9 Å². The van der Waals surface area contributed by atoms with Crippen LogP contribution in [0, 0.1) is 0 Å². The predicted octanol–water partition coefficient (Wildman–Crippen LogP) is 3.91. The molecule has 1 aromatic heterocycles. The molecule has 0 saturated heterocycles. The number of benzene rings is 2. The van der Waals surface area contributed by atoms with E-state index in [4.69, 9.17) is 9.47 Å². The van der Waals surface area contributed by atoms with Gasteiger partial charge < -0.3 is 19.7 Å². The van der Waals surface area contributed by atoms with Crippen LogP contribution in [0.3, 0.4) is 0 Å². The molecule has 1 aliphatic heterocycles. The molecular formula is C23H23N3O3. The van der Waals surface area contributed by atoms with E-state index >= 15 is 0 Å². The zero-order valence-corrected chi connectivity index (χ0v) is 16.5. The summed E-state index contributed by atoms with van der Waals surface area (Å²) in [6.07, 6.45) is 4.14. The van der Waals surface area contributed by atoms with Crippen LogP contribution in [0.1, 0.15) is 21.5 Å². The van der Waals surface area contributed by atoms with Crippen molar-refractivity contribution in [3.8, 4) is 11.5 Å². The third-order valence-corrected chi connectivity index (χ3v) is 5.13. The Kier molecular flexibility index (Phi) is 5.33. The summed E-state index contributed by atoms with van der Waals surface area (Å²) < 4.78 is 10.9. The largest absolute Gasteiger partial charge is 0.493 e. The van der Waals surface area contributed by atoms with Gasteiger partial charge in [-0.15, -0.1) is 0 Å². The molecule has 2 heterocycles. The zero-order chi connectivity index (χ0) is 20.2. The summed E-state index contributed by atoms with van der Waals surface area (Å²) in [4.78, 5) is 18.6. The molecule has 0 fully saturated rings. The van der Waals surface area contributed by atoms with E-state index in [9.17, 15) is 4.79 Å². The fourth-order valence-corrected chi connectivity index (χ4v) is 3.56. The fourth-order valence-electron chi connectivity index (χ4n) is 3.56. The monoisotopic (exact) mass is 389 g/mol. The van der Waals surface area contributed by atoms with Crippen LogP contribution in [0.4, 0.5) is 11.4 Å². The lowest BCUT2D eigenvalue weighted by Gasteiger charge is -2.31. The molecule has 4 rings (SSSR count). The molecule has 29 heavy (non-hydrogen) atoms. The van der Waals surface area contributed by atoms with E-state index in [0.29, 0.717) is 5.56 Å². The quantitative estimate of drug-likeness (QED) is 0.717. The SMILES string of the molecule is COc1cc2c(cc1OC)CN(c1ccc(NC(=O)c3cccnc3)cc1)CC2. The van der Waals surface area contributed by atoms with Crippen LogP contribution >= 0.6 is 0 Å². The lowest BCUT2D eigenvalue weighted by Crippen LogP contribution is -2.30. The van der Waals surface area contributed by atoms with E-state index < -0.39 is 0 Å². The van der Waals surface area contributed by atoms with Gasteiger partial charge in [-0.1, -0.05) is 0 Å². The number of anilines is 2. The Morgan fingerprint density at radius 3 is 2.41 bits per heavy atom. The topological polar surface area (TPSA) is 63.7 Å². The van der Waals surface area contributed by atoms with Crippen LogP contribution < -0.4 is 19.7 Å². The molecular weight excluding hydrogens is 366 g/mol. The Balaban J connectivity index is 1.47. The van der Waals surface area contributed by atoms with Gasteiger partial charge in [0.2, 0.25) is 0 Å². The van der Waals surface area contributed by atoms with Gasteiger partial charge >= 0.3 is 0 Å². The van der Waals surface area contributed by atoms with Crippen LogP contribution in [0.25, 0.3) is 0 Å². The van der Waals surface area contributed by atoms with Crippen molar-refractivity contribution >= 4 is 17.3 Å². The van der Waals surface area contributed by atoms with E-state index in [1.807, 2.05) is 24.3 Å². The predicted molar refractivity (Wildman–Crippen MR) is 113 cm³/mol. The molecule has 0 aliphatic carbocycles. The summed E-state index contributed by atoms with van der Waals surface area (Å²) in [6, 6.07) is 15.5. The maximum Gasteiger partial charge on any atom is 0.257 e. The number of carbonyl (C=O) groups excluding carboxylic acids is 1. The minimum atomic E-state index is -0.168. The average Bonchev–Trinajstić information content (AvgIpc) is 2.78. The molecule has 0 radical (unpaired) electrons. The Morgan fingerprint density at radius 2 is 1.76 bits per heavy atom. The summed E-state index contributed by atoms with van der Waals surface area (Å²) in [5, 5.41) is 2.90. The normalized spacial score (nSPS) is 12.8. The minimum Gasteiger partial charge on any atom is -0.493 e. The van der Waals surface area contributed by atoms with E-state index in [1.54, 1.807) is 38.7 Å². The van der Waals surface area contributed by atoms with E-state index in [-0.39, 0.29) is 5.91 Å². The summed E-state index contributed by atoms with van der Waals surface area (Å²) >= 11 is 0. The van der Waals surface area contributed by atoms with Gasteiger partial charge in [-0.05, 0) is 66.1 Å². The second-order valence-electron chi connectivity index (χ2n) is 6.89. The van der Waals surface area contributed by atoms with Gasteiger partial charge in [-0.2, -0.15) is 0 Å². The van der Waals surface area contributed by atoms with Crippen LogP contribution in [0.15, 0.2) is 60.9 Å². The van der Waals surface area contributed by atoms with Gasteiger partial charge in [-0.3, -0.25) is 9.78 Å². The summed E-state index contributed by atoms with van der Waals surface area (Å²) in [5.41, 5.74) is 4.94. The third kappa shape index (κ3) is 4.01. The van der Waals surface area contributed by atoms with E-state index in [2.05, 4.69) is 27.3 Å². The molecule has 1 N–H and O–H groups in total. The highest BCUT2D eigenvalue weighted by Gasteiger charge is 2.20. The third-order valence-electron chi connectivity index (χ3n) is 5.13. The Labute approximate surface area is 170 Å². The van der Waals surface area contributed by atoms with Crippen molar-refractivity contribution in [2.45, 2.75) is 13.0 Å². The first-order valence-corrected chi connectivity index (χ1v) is 9.48. The average molecular weight is 389 g/mol. The van der Waals surface area contributed by atoms with Crippen molar-refractivity contribution in [1.29, 1.82) is 0 Å². The molecule has 0 atom stereocenters. The molecule has 148 valence electrons. The standard InChI is InChI=1S/C23H23N3O3/c1-28-21-12-16-9-11-26(15-18(16)13-22(21)29-2)20-7-5-19(6-8-20)25-23(27)17-4-3-10-24-14-17/h3-8,10,12-14H,9,11,15H2,1-2H3,(H,25,27). The number of ether oxygens (including phenoxy) is 2. The van der Waals surface area contributed by atoms with Gasteiger partial charge in [0.1, 0.15) is 0 Å². The molecule has 6 heteroatoms. The maximum absolute atomic E-state index is 12.3. The number of amides is 1. The number of fused-ring (bicyclic) bond motifs is 1. The van der Waals surface area contributed by atoms with E-state index in [0.717, 1.165) is 42.4 Å². The highest BCUT2D eigenvalue weighted by molar-refractivity contribution is 6.04. The number of nitrogens with zero attached hydrogens (tertiary/aromatic N) is 2. The lowest BCUT2D eigenvalue weighted by atomic mass is 9.98. The van der Waals surface area contributed by atoms with Crippen molar-refractivity contribution in [2.75, 3.05) is 31.0 Å². The van der Waals surface area contributed by atoms with Crippen LogP contribution in [0.5, 0.6) is 11.5 Å². The Bertz CT molecular complexity index is 1000. The summed E-state index contributed by atoms with van der Waals surface area (Å²) in [5.74, 6) is 1.36. The van der Waals surface area contributed by atoms with Gasteiger partial charge in [0.15, 0.2) is 11.5 Å². The maximum atomic E-state index is 12.3. The fraction of sp³-hybridized carbons (Fsp3) is 0.217. The van der Waals surface area contributed by atoms with Crippen molar-refractivity contribution < 1.29 is 14.3 Å². The number of pyridine rings is 1. The first-order chi connectivity index (χ1) is 14.2. The zero-order valence-electron chi connectivity index (χ0n) is 16.5. The summed E-state index contributed by atoms with van der Waals surface area (Å²) in [6.45, 7) is 1.72. The molecule has 6 nitrogen and oxygen atoms in total. The van der Waals surface area contributed by atoms with Gasteiger partial charge in [-0.25, -0.2) is 0 Å². The first-order valence-electron chi connectivity index (χ1n) is 9.48. The molecule has 0 bridgehead atoms. The Morgan fingerprint density at radius 1 is 1.03 bits per heavy atom. The van der Waals surface area contributed by atoms with Crippen LogP contribution in [-0.4, -0.2) is 31.7 Å². The van der Waals surface area contributed by atoms with Crippen LogP contribution in [0.2, 0.25) is 0 Å². The number of aromatic nitrogens is 1. The molecule has 2 aromatic carbocycles. The molecule has 1 amide bonds. The number of rotatable bonds is 5. The minimum absolute atomic E-state index is 0.168. The second kappa shape index (κ2) is 8.22.